The Hall–Kier alpha value is -1.20. The summed E-state index contributed by atoms with van der Waals surface area (Å²) in [6, 6.07) is 0. The van der Waals surface area contributed by atoms with Crippen molar-refractivity contribution in [2.24, 2.45) is 5.41 Å². The highest BCUT2D eigenvalue weighted by atomic mass is 19.3. The Morgan fingerprint density at radius 3 is 2.43 bits per heavy atom. The topological polar surface area (TPSA) is 57.6 Å². The summed E-state index contributed by atoms with van der Waals surface area (Å²) in [7, 11) is 0. The molecule has 1 aliphatic heterocycles. The number of carbonyl (C=O) groups is 2. The second-order valence-corrected chi connectivity index (χ2v) is 3.68. The van der Waals surface area contributed by atoms with Gasteiger partial charge in [-0.15, -0.1) is 0 Å². The number of rotatable bonds is 2. The predicted octanol–water partition coefficient (Wildman–Crippen LogP) is 0.575. The number of nitrogens with zero attached hydrogens (tertiary/aromatic N) is 1. The minimum absolute atomic E-state index is 0.0893. The molecule has 1 unspecified atom stereocenters. The van der Waals surface area contributed by atoms with E-state index in [4.69, 9.17) is 5.11 Å². The van der Waals surface area contributed by atoms with Crippen LogP contribution in [0.25, 0.3) is 0 Å². The van der Waals surface area contributed by atoms with Crippen molar-refractivity contribution in [3.05, 3.63) is 0 Å². The lowest BCUT2D eigenvalue weighted by molar-refractivity contribution is -0.148. The normalized spacial score (nSPS) is 27.0. The average molecular weight is 207 g/mol. The molecule has 80 valence electrons. The molecule has 0 aromatic heterocycles. The lowest BCUT2D eigenvalue weighted by atomic mass is 9.90. The Kier molecular flexibility index (Phi) is 2.73. The first-order chi connectivity index (χ1) is 6.37. The molecule has 1 amide bonds. The van der Waals surface area contributed by atoms with Gasteiger partial charge in [0.15, 0.2) is 0 Å². The summed E-state index contributed by atoms with van der Waals surface area (Å²) in [5.74, 6) is -2.34. The molecule has 0 spiro atoms. The Balaban J connectivity index is 2.66. The number of hydrogen-bond acceptors (Lipinski definition) is 2. The minimum Gasteiger partial charge on any atom is -0.481 e. The Bertz CT molecular complexity index is 269. The number of hydrogen-bond donors (Lipinski definition) is 1. The molecule has 0 aromatic carbocycles. The van der Waals surface area contributed by atoms with Gasteiger partial charge >= 0.3 is 12.4 Å². The van der Waals surface area contributed by atoms with Gasteiger partial charge in [0.1, 0.15) is 0 Å². The third kappa shape index (κ3) is 1.83. The van der Waals surface area contributed by atoms with Crippen LogP contribution < -0.4 is 0 Å². The first-order valence-electron chi connectivity index (χ1n) is 4.17. The van der Waals surface area contributed by atoms with Crippen molar-refractivity contribution in [2.45, 2.75) is 19.8 Å². The fraction of sp³-hybridized carbons (Fsp3) is 0.750. The van der Waals surface area contributed by atoms with Gasteiger partial charge in [-0.1, -0.05) is 0 Å². The van der Waals surface area contributed by atoms with E-state index in [0.29, 0.717) is 0 Å². The summed E-state index contributed by atoms with van der Waals surface area (Å²) in [4.78, 5) is 22.5. The highest BCUT2D eigenvalue weighted by Gasteiger charge is 2.43. The van der Waals surface area contributed by atoms with Crippen LogP contribution in [0.3, 0.4) is 0 Å². The summed E-state index contributed by atoms with van der Waals surface area (Å²) in [6.07, 6.45) is -2.83. The second-order valence-electron chi connectivity index (χ2n) is 3.68. The van der Waals surface area contributed by atoms with E-state index in [2.05, 4.69) is 0 Å². The number of halogens is 2. The number of likely N-dealkylation sites (tertiary alicyclic amines) is 1. The summed E-state index contributed by atoms with van der Waals surface area (Å²) >= 11 is 0. The Morgan fingerprint density at radius 1 is 1.50 bits per heavy atom. The van der Waals surface area contributed by atoms with Crippen LogP contribution in [0.4, 0.5) is 8.78 Å². The monoisotopic (exact) mass is 207 g/mol. The van der Waals surface area contributed by atoms with Crippen molar-refractivity contribution in [2.75, 3.05) is 13.1 Å². The molecular weight excluding hydrogens is 196 g/mol. The molecule has 6 heteroatoms. The first kappa shape index (κ1) is 10.9. The molecule has 14 heavy (non-hydrogen) atoms. The zero-order valence-corrected chi connectivity index (χ0v) is 7.67. The number of alkyl halides is 2. The third-order valence-electron chi connectivity index (χ3n) is 2.49. The Labute approximate surface area is 79.5 Å². The fourth-order valence-corrected chi connectivity index (χ4v) is 1.46. The maximum absolute atomic E-state index is 12.0. The standard InChI is InChI=1S/C8H11F2NO3/c1-8(7(13)14)2-3-11(4-8)6(12)5(9)10/h5H,2-4H2,1H3,(H,13,14). The van der Waals surface area contributed by atoms with Crippen molar-refractivity contribution in [1.29, 1.82) is 0 Å². The first-order valence-corrected chi connectivity index (χ1v) is 4.17. The van der Waals surface area contributed by atoms with Crippen LogP contribution in [0, 0.1) is 5.41 Å². The lowest BCUT2D eigenvalue weighted by Crippen LogP contribution is -2.37. The van der Waals surface area contributed by atoms with E-state index in [0.717, 1.165) is 4.90 Å². The lowest BCUT2D eigenvalue weighted by Gasteiger charge is -2.19. The van der Waals surface area contributed by atoms with Crippen molar-refractivity contribution in [1.82, 2.24) is 4.90 Å². The van der Waals surface area contributed by atoms with E-state index < -0.39 is 23.7 Å². The highest BCUT2D eigenvalue weighted by molar-refractivity contribution is 5.82. The van der Waals surface area contributed by atoms with Crippen LogP contribution in [0.1, 0.15) is 13.3 Å². The van der Waals surface area contributed by atoms with Crippen molar-refractivity contribution in [3.8, 4) is 0 Å². The molecule has 0 saturated carbocycles. The molecule has 0 aliphatic carbocycles. The molecule has 4 nitrogen and oxygen atoms in total. The second kappa shape index (κ2) is 3.51. The van der Waals surface area contributed by atoms with E-state index in [-0.39, 0.29) is 19.5 Å². The van der Waals surface area contributed by atoms with Gasteiger partial charge in [0.05, 0.1) is 5.41 Å². The van der Waals surface area contributed by atoms with Gasteiger partial charge in [-0.25, -0.2) is 0 Å². The van der Waals surface area contributed by atoms with Gasteiger partial charge in [-0.3, -0.25) is 9.59 Å². The van der Waals surface area contributed by atoms with Crippen molar-refractivity contribution >= 4 is 11.9 Å². The van der Waals surface area contributed by atoms with E-state index in [1.165, 1.54) is 6.92 Å². The predicted molar refractivity (Wildman–Crippen MR) is 42.9 cm³/mol. The Morgan fingerprint density at radius 2 is 2.07 bits per heavy atom. The number of carboxylic acid groups (broad SMARTS) is 1. The van der Waals surface area contributed by atoms with Gasteiger partial charge in [0.2, 0.25) is 0 Å². The molecule has 1 fully saturated rings. The van der Waals surface area contributed by atoms with Crippen LogP contribution >= 0.6 is 0 Å². The molecule has 1 rings (SSSR count). The molecule has 1 N–H and O–H groups in total. The summed E-state index contributed by atoms with van der Waals surface area (Å²) in [6.45, 7) is 1.41. The van der Waals surface area contributed by atoms with Gasteiger partial charge in [-0.2, -0.15) is 8.78 Å². The number of aliphatic carboxylic acids is 1. The highest BCUT2D eigenvalue weighted by Crippen LogP contribution is 2.30. The summed E-state index contributed by atoms with van der Waals surface area (Å²) in [5.41, 5.74) is -1.08. The van der Waals surface area contributed by atoms with Gasteiger partial charge < -0.3 is 10.0 Å². The van der Waals surface area contributed by atoms with Gasteiger partial charge in [0.25, 0.3) is 5.91 Å². The molecule has 1 aliphatic rings. The van der Waals surface area contributed by atoms with Crippen LogP contribution in [-0.4, -0.2) is 41.4 Å². The third-order valence-corrected chi connectivity index (χ3v) is 2.49. The van der Waals surface area contributed by atoms with Crippen LogP contribution in [0.5, 0.6) is 0 Å². The largest absolute Gasteiger partial charge is 0.481 e. The van der Waals surface area contributed by atoms with Crippen LogP contribution in [0.2, 0.25) is 0 Å². The average Bonchev–Trinajstić information content (AvgIpc) is 2.48. The minimum atomic E-state index is -3.05. The fourth-order valence-electron chi connectivity index (χ4n) is 1.46. The number of amides is 1. The van der Waals surface area contributed by atoms with E-state index >= 15 is 0 Å². The smallest absolute Gasteiger partial charge is 0.315 e. The van der Waals surface area contributed by atoms with Gasteiger partial charge in [-0.05, 0) is 13.3 Å². The maximum Gasteiger partial charge on any atom is 0.315 e. The zero-order chi connectivity index (χ0) is 10.9. The molecule has 1 atom stereocenters. The van der Waals surface area contributed by atoms with Crippen LogP contribution in [0.15, 0.2) is 0 Å². The van der Waals surface area contributed by atoms with Gasteiger partial charge in [0, 0.05) is 13.1 Å². The van der Waals surface area contributed by atoms with Crippen molar-refractivity contribution in [3.63, 3.8) is 0 Å². The van der Waals surface area contributed by atoms with Crippen molar-refractivity contribution < 1.29 is 23.5 Å². The maximum atomic E-state index is 12.0. The number of carboxylic acids is 1. The van der Waals surface area contributed by atoms with E-state index in [9.17, 15) is 18.4 Å². The molecular formula is C8H11F2NO3. The zero-order valence-electron chi connectivity index (χ0n) is 7.67. The van der Waals surface area contributed by atoms with E-state index in [1.54, 1.807) is 0 Å². The molecule has 0 bridgehead atoms. The summed E-state index contributed by atoms with van der Waals surface area (Å²) < 4.78 is 24.0. The molecule has 1 heterocycles. The summed E-state index contributed by atoms with van der Waals surface area (Å²) in [5, 5.41) is 8.79. The van der Waals surface area contributed by atoms with Crippen LogP contribution in [-0.2, 0) is 9.59 Å². The molecule has 0 aromatic rings. The number of carbonyl (C=O) groups excluding carboxylic acids is 1. The quantitative estimate of drug-likeness (QED) is 0.720. The molecule has 1 saturated heterocycles. The molecule has 0 radical (unpaired) electrons. The SMILES string of the molecule is CC1(C(=O)O)CCN(C(=O)C(F)F)C1. The van der Waals surface area contributed by atoms with E-state index in [1.807, 2.05) is 0 Å².